The Bertz CT molecular complexity index is 653. The van der Waals surface area contributed by atoms with Gasteiger partial charge in [0.1, 0.15) is 18.1 Å². The monoisotopic (exact) mass is 355 g/mol. The van der Waals surface area contributed by atoms with Gasteiger partial charge in [-0.25, -0.2) is 8.78 Å². The highest BCUT2D eigenvalue weighted by atomic mass is 32.2. The highest BCUT2D eigenvalue weighted by Gasteiger charge is 2.22. The van der Waals surface area contributed by atoms with E-state index in [1.165, 1.54) is 6.92 Å². The third-order valence-electron chi connectivity index (χ3n) is 3.56. The minimum Gasteiger partial charge on any atom is -0.508 e. The summed E-state index contributed by atoms with van der Waals surface area (Å²) in [5, 5.41) is 9.47. The second-order valence-corrected chi connectivity index (χ2v) is 6.47. The topological polar surface area (TPSA) is 58.6 Å². The van der Waals surface area contributed by atoms with Crippen molar-refractivity contribution in [1.82, 2.24) is 0 Å². The molecule has 1 aliphatic rings. The van der Waals surface area contributed by atoms with Crippen LogP contribution >= 0.6 is 11.9 Å². The first-order chi connectivity index (χ1) is 11.4. The molecule has 2 rings (SSSR count). The van der Waals surface area contributed by atoms with Gasteiger partial charge in [0.2, 0.25) is 0 Å². The predicted molar refractivity (Wildman–Crippen MR) is 90.5 cm³/mol. The van der Waals surface area contributed by atoms with Crippen molar-refractivity contribution in [1.29, 1.82) is 0 Å². The smallest absolute Gasteiger partial charge is 0.302 e. The maximum Gasteiger partial charge on any atom is 0.302 e. The van der Waals surface area contributed by atoms with Crippen molar-refractivity contribution in [2.75, 3.05) is 4.72 Å². The van der Waals surface area contributed by atoms with Crippen molar-refractivity contribution >= 4 is 23.6 Å². The fourth-order valence-electron chi connectivity index (χ4n) is 2.40. The number of rotatable bonds is 6. The van der Waals surface area contributed by atoms with Gasteiger partial charge in [-0.1, -0.05) is 12.7 Å². The first kappa shape index (κ1) is 18.3. The standard InChI is InChI=1S/C17H19F2NO3S/c1-10(21)13-5-3-4-6-16(13)24-20-17-14(18)7-12(8-15(17)19)9-23-11(2)22/h5,7-8,16,20-21H,1,3-4,6,9H2,2H3. The number of esters is 1. The summed E-state index contributed by atoms with van der Waals surface area (Å²) in [7, 11) is 0. The van der Waals surface area contributed by atoms with E-state index in [-0.39, 0.29) is 28.9 Å². The number of halogens is 2. The van der Waals surface area contributed by atoms with Gasteiger partial charge in [-0.15, -0.1) is 0 Å². The molecule has 0 bridgehead atoms. The van der Waals surface area contributed by atoms with Gasteiger partial charge in [-0.2, -0.15) is 0 Å². The Morgan fingerprint density at radius 3 is 2.71 bits per heavy atom. The molecular weight excluding hydrogens is 336 g/mol. The maximum absolute atomic E-state index is 14.1. The van der Waals surface area contributed by atoms with E-state index >= 15 is 0 Å². The van der Waals surface area contributed by atoms with Gasteiger partial charge in [-0.3, -0.25) is 4.79 Å². The lowest BCUT2D eigenvalue weighted by Crippen LogP contribution is -2.15. The van der Waals surface area contributed by atoms with E-state index in [1.807, 2.05) is 6.08 Å². The normalized spacial score (nSPS) is 17.1. The van der Waals surface area contributed by atoms with Crippen molar-refractivity contribution in [3.8, 4) is 0 Å². The zero-order chi connectivity index (χ0) is 17.7. The second kappa shape index (κ2) is 8.19. The van der Waals surface area contributed by atoms with E-state index in [2.05, 4.69) is 11.3 Å². The van der Waals surface area contributed by atoms with Gasteiger partial charge in [0.15, 0.2) is 11.6 Å². The lowest BCUT2D eigenvalue weighted by molar-refractivity contribution is -0.142. The number of allylic oxidation sites excluding steroid dienone is 2. The number of aliphatic hydroxyl groups is 1. The van der Waals surface area contributed by atoms with E-state index in [0.717, 1.165) is 43.3 Å². The number of aliphatic hydroxyl groups excluding tert-OH is 1. The molecule has 1 aromatic rings. The lowest BCUT2D eigenvalue weighted by atomic mass is 9.98. The largest absolute Gasteiger partial charge is 0.508 e. The number of ether oxygens (including phenoxy) is 1. The molecule has 0 spiro atoms. The molecule has 24 heavy (non-hydrogen) atoms. The molecule has 1 atom stereocenters. The molecule has 7 heteroatoms. The van der Waals surface area contributed by atoms with Gasteiger partial charge in [-0.05, 0) is 48.9 Å². The van der Waals surface area contributed by atoms with Crippen LogP contribution in [0.1, 0.15) is 31.7 Å². The molecule has 1 aromatic carbocycles. The van der Waals surface area contributed by atoms with Gasteiger partial charge >= 0.3 is 5.97 Å². The molecule has 0 saturated heterocycles. The summed E-state index contributed by atoms with van der Waals surface area (Å²) >= 11 is 1.13. The van der Waals surface area contributed by atoms with Gasteiger partial charge in [0, 0.05) is 12.5 Å². The SMILES string of the molecule is C=C(O)C1=CCCCC1SNc1c(F)cc(COC(C)=O)cc1F. The third kappa shape index (κ3) is 4.74. The van der Waals surface area contributed by atoms with Crippen LogP contribution < -0.4 is 4.72 Å². The molecule has 0 aromatic heterocycles. The first-order valence-electron chi connectivity index (χ1n) is 7.49. The summed E-state index contributed by atoms with van der Waals surface area (Å²) < 4.78 is 35.6. The minimum absolute atomic E-state index is 0.0216. The summed E-state index contributed by atoms with van der Waals surface area (Å²) in [6.45, 7) is 4.56. The number of hydrogen-bond donors (Lipinski definition) is 2. The average molecular weight is 355 g/mol. The van der Waals surface area contributed by atoms with Crippen molar-refractivity contribution in [3.63, 3.8) is 0 Å². The summed E-state index contributed by atoms with van der Waals surface area (Å²) in [5.41, 5.74) is 0.656. The number of carbonyl (C=O) groups is 1. The van der Waals surface area contributed by atoms with E-state index in [9.17, 15) is 18.7 Å². The molecule has 130 valence electrons. The summed E-state index contributed by atoms with van der Waals surface area (Å²) in [5.74, 6) is -2.08. The van der Waals surface area contributed by atoms with Crippen LogP contribution in [-0.2, 0) is 16.1 Å². The number of nitrogens with one attached hydrogen (secondary N) is 1. The van der Waals surface area contributed by atoms with Crippen LogP contribution in [0.15, 0.2) is 36.1 Å². The van der Waals surface area contributed by atoms with Crippen LogP contribution in [0.3, 0.4) is 0 Å². The van der Waals surface area contributed by atoms with Crippen LogP contribution in [0.25, 0.3) is 0 Å². The Hall–Kier alpha value is -2.02. The number of benzene rings is 1. The Labute approximate surface area is 143 Å². The molecule has 0 amide bonds. The molecule has 2 N–H and O–H groups in total. The zero-order valence-electron chi connectivity index (χ0n) is 13.3. The Balaban J connectivity index is 2.07. The first-order valence-corrected chi connectivity index (χ1v) is 8.37. The highest BCUT2D eigenvalue weighted by molar-refractivity contribution is 8.01. The van der Waals surface area contributed by atoms with E-state index in [1.54, 1.807) is 0 Å². The van der Waals surface area contributed by atoms with Crippen LogP contribution in [0.5, 0.6) is 0 Å². The van der Waals surface area contributed by atoms with E-state index in [4.69, 9.17) is 4.74 Å². The van der Waals surface area contributed by atoms with Crippen LogP contribution in [0.4, 0.5) is 14.5 Å². The average Bonchev–Trinajstić information content (AvgIpc) is 2.52. The van der Waals surface area contributed by atoms with Crippen molar-refractivity contribution in [2.45, 2.75) is 38.0 Å². The Kier molecular flexibility index (Phi) is 6.25. The van der Waals surface area contributed by atoms with Crippen LogP contribution in [0, 0.1) is 11.6 Å². The number of hydrogen-bond acceptors (Lipinski definition) is 5. The van der Waals surface area contributed by atoms with E-state index in [0.29, 0.717) is 5.57 Å². The predicted octanol–water partition coefficient (Wildman–Crippen LogP) is 4.64. The fourth-order valence-corrected chi connectivity index (χ4v) is 3.49. The lowest BCUT2D eigenvalue weighted by Gasteiger charge is -2.23. The van der Waals surface area contributed by atoms with Crippen molar-refractivity contribution < 1.29 is 23.4 Å². The molecule has 4 nitrogen and oxygen atoms in total. The maximum atomic E-state index is 14.1. The highest BCUT2D eigenvalue weighted by Crippen LogP contribution is 2.34. The van der Waals surface area contributed by atoms with Crippen molar-refractivity contribution in [2.24, 2.45) is 0 Å². The molecule has 0 fully saturated rings. The molecular formula is C17H19F2NO3S. The molecule has 0 saturated carbocycles. The molecule has 1 aliphatic carbocycles. The Morgan fingerprint density at radius 2 is 2.12 bits per heavy atom. The molecule has 0 radical (unpaired) electrons. The summed E-state index contributed by atoms with van der Waals surface area (Å²) in [6.07, 6.45) is 4.44. The zero-order valence-corrected chi connectivity index (χ0v) is 14.1. The number of carbonyl (C=O) groups excluding carboxylic acids is 1. The van der Waals surface area contributed by atoms with E-state index < -0.39 is 17.6 Å². The van der Waals surface area contributed by atoms with Crippen LogP contribution in [0.2, 0.25) is 0 Å². The molecule has 1 unspecified atom stereocenters. The second-order valence-electron chi connectivity index (χ2n) is 5.46. The van der Waals surface area contributed by atoms with Gasteiger partial charge in [0.05, 0.1) is 5.25 Å². The summed E-state index contributed by atoms with van der Waals surface area (Å²) in [4.78, 5) is 10.8. The Morgan fingerprint density at radius 1 is 1.46 bits per heavy atom. The van der Waals surface area contributed by atoms with Gasteiger partial charge in [0.25, 0.3) is 0 Å². The molecule has 0 heterocycles. The van der Waals surface area contributed by atoms with Crippen LogP contribution in [-0.4, -0.2) is 16.3 Å². The number of anilines is 1. The summed E-state index contributed by atoms with van der Waals surface area (Å²) in [6, 6.07) is 2.25. The minimum atomic E-state index is -0.770. The quantitative estimate of drug-likeness (QED) is 0.442. The fraction of sp³-hybridized carbons (Fsp3) is 0.353. The third-order valence-corrected chi connectivity index (χ3v) is 4.66. The van der Waals surface area contributed by atoms with Crippen molar-refractivity contribution in [3.05, 3.63) is 53.3 Å². The van der Waals surface area contributed by atoms with Gasteiger partial charge < -0.3 is 14.6 Å². The molecule has 0 aliphatic heterocycles.